The Bertz CT molecular complexity index is 285. The molecular formula is C11H21NO6. The van der Waals surface area contributed by atoms with Crippen LogP contribution in [0.25, 0.3) is 0 Å². The van der Waals surface area contributed by atoms with E-state index in [2.05, 4.69) is 5.32 Å². The summed E-state index contributed by atoms with van der Waals surface area (Å²) in [6.45, 7) is 3.05. The summed E-state index contributed by atoms with van der Waals surface area (Å²) in [5, 5.41) is 40.2. The molecule has 0 aliphatic carbocycles. The molecule has 106 valence electrons. The summed E-state index contributed by atoms with van der Waals surface area (Å²) < 4.78 is 5.15. The van der Waals surface area contributed by atoms with Crippen LogP contribution < -0.4 is 5.32 Å². The van der Waals surface area contributed by atoms with Gasteiger partial charge in [0.05, 0.1) is 6.61 Å². The number of amides is 1. The molecule has 0 bridgehead atoms. The van der Waals surface area contributed by atoms with Crippen LogP contribution in [-0.4, -0.2) is 63.6 Å². The smallest absolute Gasteiger partial charge is 0.224 e. The Morgan fingerprint density at radius 3 is 2.39 bits per heavy atom. The number of nitrogens with one attached hydrogen (secondary N) is 1. The van der Waals surface area contributed by atoms with Crippen molar-refractivity contribution in [1.29, 1.82) is 0 Å². The van der Waals surface area contributed by atoms with Crippen molar-refractivity contribution in [1.82, 2.24) is 5.32 Å². The minimum atomic E-state index is -1.47. The van der Waals surface area contributed by atoms with Crippen molar-refractivity contribution < 1.29 is 30.0 Å². The van der Waals surface area contributed by atoms with Crippen LogP contribution in [0.4, 0.5) is 0 Å². The Kier molecular flexibility index (Phi) is 5.48. The first kappa shape index (κ1) is 15.3. The normalized spacial score (nSPS) is 38.2. The number of aliphatic hydroxyl groups excluding tert-OH is 4. The van der Waals surface area contributed by atoms with Crippen molar-refractivity contribution in [2.75, 3.05) is 6.61 Å². The van der Waals surface area contributed by atoms with Crippen LogP contribution in [0.3, 0.4) is 0 Å². The van der Waals surface area contributed by atoms with Crippen LogP contribution in [0.2, 0.25) is 0 Å². The molecule has 0 aromatic carbocycles. The van der Waals surface area contributed by atoms with E-state index in [9.17, 15) is 20.1 Å². The van der Waals surface area contributed by atoms with Crippen LogP contribution in [0.5, 0.6) is 0 Å². The molecule has 0 radical (unpaired) electrons. The maximum Gasteiger partial charge on any atom is 0.224 e. The zero-order valence-electron chi connectivity index (χ0n) is 10.5. The molecule has 1 amide bonds. The van der Waals surface area contributed by atoms with E-state index >= 15 is 0 Å². The van der Waals surface area contributed by atoms with Gasteiger partial charge >= 0.3 is 0 Å². The van der Waals surface area contributed by atoms with Gasteiger partial charge in [0, 0.05) is 5.92 Å². The number of rotatable bonds is 4. The highest BCUT2D eigenvalue weighted by Gasteiger charge is 2.44. The molecule has 7 heteroatoms. The summed E-state index contributed by atoms with van der Waals surface area (Å²) in [6, 6.07) is 0. The molecule has 0 saturated carbocycles. The van der Waals surface area contributed by atoms with Crippen LogP contribution in [0.15, 0.2) is 0 Å². The molecule has 7 nitrogen and oxygen atoms in total. The average molecular weight is 263 g/mol. The van der Waals surface area contributed by atoms with Crippen molar-refractivity contribution in [2.24, 2.45) is 5.92 Å². The van der Waals surface area contributed by atoms with Gasteiger partial charge in [0.15, 0.2) is 6.23 Å². The maximum atomic E-state index is 11.7. The predicted molar refractivity (Wildman–Crippen MR) is 61.4 cm³/mol. The number of hydrogen-bond acceptors (Lipinski definition) is 6. The van der Waals surface area contributed by atoms with Gasteiger partial charge in [0.2, 0.25) is 5.91 Å². The molecule has 0 spiro atoms. The van der Waals surface area contributed by atoms with Crippen molar-refractivity contribution in [3.8, 4) is 0 Å². The summed E-state index contributed by atoms with van der Waals surface area (Å²) in [5.74, 6) is -0.570. The lowest BCUT2D eigenvalue weighted by Gasteiger charge is -2.40. The van der Waals surface area contributed by atoms with Crippen LogP contribution >= 0.6 is 0 Å². The molecule has 1 saturated heterocycles. The van der Waals surface area contributed by atoms with Crippen molar-refractivity contribution in [3.05, 3.63) is 0 Å². The quantitative estimate of drug-likeness (QED) is 0.398. The van der Waals surface area contributed by atoms with E-state index in [0.29, 0.717) is 6.42 Å². The lowest BCUT2D eigenvalue weighted by Crippen LogP contribution is -2.63. The van der Waals surface area contributed by atoms with Crippen LogP contribution in [-0.2, 0) is 9.53 Å². The Morgan fingerprint density at radius 1 is 1.28 bits per heavy atom. The van der Waals surface area contributed by atoms with Gasteiger partial charge in [-0.05, 0) is 6.42 Å². The van der Waals surface area contributed by atoms with Gasteiger partial charge in [0.25, 0.3) is 0 Å². The molecule has 1 heterocycles. The molecule has 0 aromatic heterocycles. The fourth-order valence-corrected chi connectivity index (χ4v) is 1.69. The lowest BCUT2D eigenvalue weighted by molar-refractivity contribution is -0.236. The minimum absolute atomic E-state index is 0.252. The summed E-state index contributed by atoms with van der Waals surface area (Å²) in [6.07, 6.45) is -5.84. The topological polar surface area (TPSA) is 119 Å². The molecular weight excluding hydrogens is 242 g/mol. The van der Waals surface area contributed by atoms with Crippen molar-refractivity contribution in [3.63, 3.8) is 0 Å². The van der Waals surface area contributed by atoms with E-state index in [1.54, 1.807) is 6.92 Å². The SMILES string of the molecule is CCC(C)C(=O)NC1OC(CO)C(O)C(O)C1O. The molecule has 6 unspecified atom stereocenters. The van der Waals surface area contributed by atoms with Gasteiger partial charge in [-0.1, -0.05) is 13.8 Å². The molecule has 1 fully saturated rings. The Labute approximate surface area is 105 Å². The largest absolute Gasteiger partial charge is 0.394 e. The monoisotopic (exact) mass is 263 g/mol. The third-order valence-corrected chi connectivity index (χ3v) is 3.24. The maximum absolute atomic E-state index is 11.7. The van der Waals surface area contributed by atoms with E-state index < -0.39 is 37.3 Å². The molecule has 6 atom stereocenters. The van der Waals surface area contributed by atoms with Gasteiger partial charge in [-0.25, -0.2) is 0 Å². The first-order valence-electron chi connectivity index (χ1n) is 6.03. The molecule has 1 aliphatic heterocycles. The van der Waals surface area contributed by atoms with Gasteiger partial charge in [-0.2, -0.15) is 0 Å². The number of hydrogen-bond donors (Lipinski definition) is 5. The zero-order valence-corrected chi connectivity index (χ0v) is 10.5. The third-order valence-electron chi connectivity index (χ3n) is 3.24. The van der Waals surface area contributed by atoms with E-state index in [-0.39, 0.29) is 11.8 Å². The highest BCUT2D eigenvalue weighted by molar-refractivity contribution is 5.78. The lowest BCUT2D eigenvalue weighted by atomic mass is 9.98. The summed E-state index contributed by atoms with van der Waals surface area (Å²) in [4.78, 5) is 11.7. The molecule has 0 aromatic rings. The number of aliphatic hydroxyl groups is 4. The van der Waals surface area contributed by atoms with Gasteiger partial charge in [-0.3, -0.25) is 4.79 Å². The number of carbonyl (C=O) groups excluding carboxylic acids is 1. The molecule has 1 rings (SSSR count). The Balaban J connectivity index is 2.67. The van der Waals surface area contributed by atoms with Crippen LogP contribution in [0, 0.1) is 5.92 Å². The van der Waals surface area contributed by atoms with Gasteiger partial charge < -0.3 is 30.5 Å². The Morgan fingerprint density at radius 2 is 1.89 bits per heavy atom. The third kappa shape index (κ3) is 3.18. The Hall–Kier alpha value is -0.730. The van der Waals surface area contributed by atoms with Gasteiger partial charge in [-0.15, -0.1) is 0 Å². The first-order chi connectivity index (χ1) is 8.42. The van der Waals surface area contributed by atoms with Gasteiger partial charge in [0.1, 0.15) is 24.4 Å². The van der Waals surface area contributed by atoms with E-state index in [4.69, 9.17) is 9.84 Å². The summed E-state index contributed by atoms with van der Waals surface area (Å²) in [7, 11) is 0. The highest BCUT2D eigenvalue weighted by atomic mass is 16.6. The minimum Gasteiger partial charge on any atom is -0.394 e. The second-order valence-corrected chi connectivity index (χ2v) is 4.57. The molecule has 18 heavy (non-hydrogen) atoms. The summed E-state index contributed by atoms with van der Waals surface area (Å²) in [5.41, 5.74) is 0. The summed E-state index contributed by atoms with van der Waals surface area (Å²) >= 11 is 0. The van der Waals surface area contributed by atoms with Crippen molar-refractivity contribution >= 4 is 5.91 Å². The fraction of sp³-hybridized carbons (Fsp3) is 0.909. The zero-order chi connectivity index (χ0) is 13.9. The highest BCUT2D eigenvalue weighted by Crippen LogP contribution is 2.20. The first-order valence-corrected chi connectivity index (χ1v) is 6.03. The predicted octanol–water partition coefficient (Wildman–Crippen LogP) is -2.05. The number of ether oxygens (including phenoxy) is 1. The second-order valence-electron chi connectivity index (χ2n) is 4.57. The van der Waals surface area contributed by atoms with Crippen molar-refractivity contribution in [2.45, 2.75) is 50.9 Å². The number of carbonyl (C=O) groups is 1. The average Bonchev–Trinajstić information content (AvgIpc) is 2.38. The standard InChI is InChI=1S/C11H21NO6/c1-3-5(2)10(17)12-11-9(16)8(15)7(14)6(4-13)18-11/h5-9,11,13-16H,3-4H2,1-2H3,(H,12,17). The molecule has 5 N–H and O–H groups in total. The molecule has 1 aliphatic rings. The second kappa shape index (κ2) is 6.44. The van der Waals surface area contributed by atoms with Crippen LogP contribution in [0.1, 0.15) is 20.3 Å². The fourth-order valence-electron chi connectivity index (χ4n) is 1.69. The van der Waals surface area contributed by atoms with E-state index in [1.165, 1.54) is 0 Å². The van der Waals surface area contributed by atoms with E-state index in [0.717, 1.165) is 0 Å². The van der Waals surface area contributed by atoms with E-state index in [1.807, 2.05) is 6.92 Å².